The van der Waals surface area contributed by atoms with Gasteiger partial charge in [-0.2, -0.15) is 0 Å². The Hall–Kier alpha value is -1.10. The topological polar surface area (TPSA) is 45.2 Å². The second-order valence-electron chi connectivity index (χ2n) is 6.13. The van der Waals surface area contributed by atoms with Crippen molar-refractivity contribution >= 4 is 22.5 Å². The van der Waals surface area contributed by atoms with Crippen molar-refractivity contribution in [1.82, 2.24) is 9.88 Å². The minimum Gasteiger partial charge on any atom is -0.322 e. The number of aromatic nitrogens is 1. The molecule has 2 amide bonds. The van der Waals surface area contributed by atoms with Gasteiger partial charge in [0.15, 0.2) is 5.13 Å². The van der Waals surface area contributed by atoms with Crippen molar-refractivity contribution in [3.63, 3.8) is 0 Å². The van der Waals surface area contributed by atoms with Crippen molar-refractivity contribution in [1.29, 1.82) is 0 Å². The molecule has 1 fully saturated rings. The number of anilines is 1. The lowest BCUT2D eigenvalue weighted by atomic mass is 10.0. The fourth-order valence-electron chi connectivity index (χ4n) is 3.44. The van der Waals surface area contributed by atoms with Crippen LogP contribution >= 0.6 is 11.3 Å². The molecule has 1 saturated heterocycles. The summed E-state index contributed by atoms with van der Waals surface area (Å²) in [7, 11) is 0. The highest BCUT2D eigenvalue weighted by Crippen LogP contribution is 2.29. The van der Waals surface area contributed by atoms with Crippen LogP contribution in [0.3, 0.4) is 0 Å². The Labute approximate surface area is 130 Å². The zero-order valence-electron chi connectivity index (χ0n) is 12.9. The maximum atomic E-state index is 12.5. The van der Waals surface area contributed by atoms with Crippen LogP contribution in [0.1, 0.15) is 62.4 Å². The SMILES string of the molecule is CCC1CCCCN1C(=O)Nc1nc2c(s1)CCCCC2. The van der Waals surface area contributed by atoms with Crippen LogP contribution in [0.2, 0.25) is 0 Å². The van der Waals surface area contributed by atoms with Crippen LogP contribution in [0, 0.1) is 0 Å². The molecule has 21 heavy (non-hydrogen) atoms. The first-order valence-corrected chi connectivity index (χ1v) is 9.15. The van der Waals surface area contributed by atoms with Gasteiger partial charge in [-0.3, -0.25) is 5.32 Å². The van der Waals surface area contributed by atoms with E-state index in [2.05, 4.69) is 17.2 Å². The summed E-state index contributed by atoms with van der Waals surface area (Å²) in [4.78, 5) is 20.5. The maximum Gasteiger partial charge on any atom is 0.323 e. The molecule has 5 heteroatoms. The van der Waals surface area contributed by atoms with Gasteiger partial charge in [-0.1, -0.05) is 13.3 Å². The number of nitrogens with one attached hydrogen (secondary N) is 1. The number of thiazole rings is 1. The van der Waals surface area contributed by atoms with E-state index in [9.17, 15) is 4.79 Å². The summed E-state index contributed by atoms with van der Waals surface area (Å²) in [5.41, 5.74) is 1.22. The Morgan fingerprint density at radius 3 is 3.00 bits per heavy atom. The first-order valence-electron chi connectivity index (χ1n) is 8.34. The quantitative estimate of drug-likeness (QED) is 0.832. The van der Waals surface area contributed by atoms with Crippen molar-refractivity contribution in [2.24, 2.45) is 0 Å². The average molecular weight is 307 g/mol. The third-order valence-corrected chi connectivity index (χ3v) is 5.74. The van der Waals surface area contributed by atoms with Crippen molar-refractivity contribution in [3.05, 3.63) is 10.6 Å². The molecule has 116 valence electrons. The summed E-state index contributed by atoms with van der Waals surface area (Å²) in [5, 5.41) is 3.85. The first-order chi connectivity index (χ1) is 10.3. The molecular weight excluding hydrogens is 282 g/mol. The number of aryl methyl sites for hydroxylation is 2. The smallest absolute Gasteiger partial charge is 0.322 e. The number of amides is 2. The molecule has 1 N–H and O–H groups in total. The van der Waals surface area contributed by atoms with E-state index in [1.807, 2.05) is 4.90 Å². The van der Waals surface area contributed by atoms with Crippen LogP contribution in [0.15, 0.2) is 0 Å². The summed E-state index contributed by atoms with van der Waals surface area (Å²) in [6.45, 7) is 3.05. The van der Waals surface area contributed by atoms with Gasteiger partial charge >= 0.3 is 6.03 Å². The average Bonchev–Trinajstić information content (AvgIpc) is 2.75. The number of hydrogen-bond acceptors (Lipinski definition) is 3. The lowest BCUT2D eigenvalue weighted by Crippen LogP contribution is -2.45. The molecule has 0 aromatic carbocycles. The number of hydrogen-bond donors (Lipinski definition) is 1. The Bertz CT molecular complexity index is 476. The van der Waals surface area contributed by atoms with E-state index in [4.69, 9.17) is 0 Å². The summed E-state index contributed by atoms with van der Waals surface area (Å²) in [6, 6.07) is 0.446. The summed E-state index contributed by atoms with van der Waals surface area (Å²) >= 11 is 1.68. The Morgan fingerprint density at radius 2 is 2.14 bits per heavy atom. The van der Waals surface area contributed by atoms with Crippen LogP contribution < -0.4 is 5.32 Å². The Balaban J connectivity index is 1.67. The number of fused-ring (bicyclic) bond motifs is 1. The van der Waals surface area contributed by atoms with Crippen LogP contribution in [0.4, 0.5) is 9.93 Å². The molecule has 0 saturated carbocycles. The largest absolute Gasteiger partial charge is 0.323 e. The molecule has 1 aliphatic heterocycles. The van der Waals surface area contributed by atoms with Gasteiger partial charge in [0.2, 0.25) is 0 Å². The van der Waals surface area contributed by atoms with Gasteiger partial charge in [0.05, 0.1) is 5.69 Å². The van der Waals surface area contributed by atoms with Gasteiger partial charge in [0.25, 0.3) is 0 Å². The van der Waals surface area contributed by atoms with Gasteiger partial charge < -0.3 is 4.90 Å². The van der Waals surface area contributed by atoms with E-state index in [0.717, 1.165) is 43.8 Å². The third-order valence-electron chi connectivity index (χ3n) is 4.67. The number of carbonyl (C=O) groups excluding carboxylic acids is 1. The highest BCUT2D eigenvalue weighted by Gasteiger charge is 2.26. The van der Waals surface area contributed by atoms with E-state index in [0.29, 0.717) is 6.04 Å². The molecule has 1 atom stereocenters. The van der Waals surface area contributed by atoms with Crippen molar-refractivity contribution in [2.75, 3.05) is 11.9 Å². The number of nitrogens with zero attached hydrogens (tertiary/aromatic N) is 2. The molecule has 0 radical (unpaired) electrons. The van der Waals surface area contributed by atoms with Crippen LogP contribution in [0.25, 0.3) is 0 Å². The first kappa shape index (κ1) is 14.8. The van der Waals surface area contributed by atoms with Gasteiger partial charge in [-0.15, -0.1) is 11.3 Å². The third kappa shape index (κ3) is 3.39. The van der Waals surface area contributed by atoms with E-state index in [1.165, 1.54) is 36.3 Å². The fraction of sp³-hybridized carbons (Fsp3) is 0.750. The standard InChI is InChI=1S/C16H25N3OS/c1-2-12-8-6-7-11-19(12)16(20)18-15-17-13-9-4-3-5-10-14(13)21-15/h12H,2-11H2,1H3,(H,17,18,20). The number of likely N-dealkylation sites (tertiary alicyclic amines) is 1. The predicted octanol–water partition coefficient (Wildman–Crippen LogP) is 4.21. The van der Waals surface area contributed by atoms with Gasteiger partial charge in [-0.25, -0.2) is 9.78 Å². The van der Waals surface area contributed by atoms with E-state index in [-0.39, 0.29) is 6.03 Å². The van der Waals surface area contributed by atoms with Crippen molar-refractivity contribution in [3.8, 4) is 0 Å². The Morgan fingerprint density at radius 1 is 1.29 bits per heavy atom. The van der Waals surface area contributed by atoms with Gasteiger partial charge in [-0.05, 0) is 51.4 Å². The van der Waals surface area contributed by atoms with E-state index >= 15 is 0 Å². The molecular formula is C16H25N3OS. The number of carbonyl (C=O) groups is 1. The highest BCUT2D eigenvalue weighted by molar-refractivity contribution is 7.15. The number of urea groups is 1. The highest BCUT2D eigenvalue weighted by atomic mass is 32.1. The number of rotatable bonds is 2. The minimum atomic E-state index is 0.0467. The lowest BCUT2D eigenvalue weighted by molar-refractivity contribution is 0.160. The number of piperidine rings is 1. The monoisotopic (exact) mass is 307 g/mol. The zero-order chi connectivity index (χ0) is 14.7. The molecule has 4 nitrogen and oxygen atoms in total. The van der Waals surface area contributed by atoms with E-state index < -0.39 is 0 Å². The second-order valence-corrected chi connectivity index (χ2v) is 7.21. The summed E-state index contributed by atoms with van der Waals surface area (Å²) < 4.78 is 0. The Kier molecular flexibility index (Phi) is 4.78. The molecule has 3 rings (SSSR count). The molecule has 1 aromatic heterocycles. The zero-order valence-corrected chi connectivity index (χ0v) is 13.7. The molecule has 0 bridgehead atoms. The second kappa shape index (κ2) is 6.77. The predicted molar refractivity (Wildman–Crippen MR) is 87.0 cm³/mol. The molecule has 0 spiro atoms. The fourth-order valence-corrected chi connectivity index (χ4v) is 4.48. The molecule has 2 aliphatic rings. The van der Waals surface area contributed by atoms with Crippen LogP contribution in [-0.4, -0.2) is 28.5 Å². The molecule has 1 unspecified atom stereocenters. The molecule has 1 aliphatic carbocycles. The van der Waals surface area contributed by atoms with Gasteiger partial charge in [0, 0.05) is 17.5 Å². The van der Waals surface area contributed by atoms with Gasteiger partial charge in [0.1, 0.15) is 0 Å². The van der Waals surface area contributed by atoms with Crippen molar-refractivity contribution in [2.45, 2.75) is 70.8 Å². The van der Waals surface area contributed by atoms with Crippen LogP contribution in [-0.2, 0) is 12.8 Å². The maximum absolute atomic E-state index is 12.5. The molecule has 2 heterocycles. The van der Waals surface area contributed by atoms with Crippen molar-refractivity contribution < 1.29 is 4.79 Å². The lowest BCUT2D eigenvalue weighted by Gasteiger charge is -2.34. The minimum absolute atomic E-state index is 0.0467. The van der Waals surface area contributed by atoms with Crippen LogP contribution in [0.5, 0.6) is 0 Å². The van der Waals surface area contributed by atoms with E-state index in [1.54, 1.807) is 11.3 Å². The molecule has 1 aromatic rings. The normalized spacial score (nSPS) is 22.5. The summed E-state index contributed by atoms with van der Waals surface area (Å²) in [5.74, 6) is 0. The summed E-state index contributed by atoms with van der Waals surface area (Å²) in [6.07, 6.45) is 10.5.